The van der Waals surface area contributed by atoms with Gasteiger partial charge in [-0.3, -0.25) is 4.57 Å². The third kappa shape index (κ3) is 2.13. The molecule has 0 aliphatic carbocycles. The Balaban J connectivity index is 2.39. The molecule has 6 nitrogen and oxygen atoms in total. The maximum atomic E-state index is 13.5. The van der Waals surface area contributed by atoms with E-state index in [9.17, 15) is 14.0 Å². The van der Waals surface area contributed by atoms with Crippen molar-refractivity contribution in [2.24, 2.45) is 0 Å². The Bertz CT molecular complexity index is 500. The largest absolute Gasteiger partial charge is 0.476 e. The molecule has 2 rings (SSSR count). The lowest BCUT2D eigenvalue weighted by Gasteiger charge is -2.10. The minimum Gasteiger partial charge on any atom is -0.476 e. The average molecular weight is 242 g/mol. The first-order valence-electron chi connectivity index (χ1n) is 5.21. The van der Waals surface area contributed by atoms with E-state index in [1.54, 1.807) is 6.92 Å². The summed E-state index contributed by atoms with van der Waals surface area (Å²) >= 11 is 0. The molecule has 1 fully saturated rings. The van der Waals surface area contributed by atoms with Gasteiger partial charge in [-0.1, -0.05) is 0 Å². The minimum atomic E-state index is -0.792. The highest BCUT2D eigenvalue weighted by Crippen LogP contribution is 2.20. The topological polar surface area (TPSA) is 70.4 Å². The Morgan fingerprint density at radius 2 is 2.41 bits per heavy atom. The molecule has 2 heterocycles. The van der Waals surface area contributed by atoms with Crippen LogP contribution in [0.3, 0.4) is 0 Å². The van der Waals surface area contributed by atoms with Gasteiger partial charge < -0.3 is 9.47 Å². The second-order valence-corrected chi connectivity index (χ2v) is 3.49. The van der Waals surface area contributed by atoms with Crippen molar-refractivity contribution in [1.29, 1.82) is 0 Å². The molecular weight excluding hydrogens is 231 g/mol. The monoisotopic (exact) mass is 242 g/mol. The fourth-order valence-electron chi connectivity index (χ4n) is 1.63. The van der Waals surface area contributed by atoms with Crippen LogP contribution in [0.25, 0.3) is 0 Å². The van der Waals surface area contributed by atoms with E-state index in [4.69, 9.17) is 9.47 Å². The van der Waals surface area contributed by atoms with Crippen LogP contribution in [0.2, 0.25) is 0 Å². The van der Waals surface area contributed by atoms with Crippen molar-refractivity contribution in [3.8, 4) is 5.88 Å². The summed E-state index contributed by atoms with van der Waals surface area (Å²) in [5, 5.41) is 0. The third-order valence-corrected chi connectivity index (χ3v) is 2.40. The Kier molecular flexibility index (Phi) is 3.08. The molecule has 0 bridgehead atoms. The molecule has 1 saturated heterocycles. The zero-order chi connectivity index (χ0) is 12.4. The molecule has 0 saturated carbocycles. The number of aromatic nitrogens is 2. The van der Waals surface area contributed by atoms with E-state index in [1.807, 2.05) is 0 Å². The van der Waals surface area contributed by atoms with Gasteiger partial charge in [0.05, 0.1) is 19.4 Å². The van der Waals surface area contributed by atoms with Crippen molar-refractivity contribution in [2.45, 2.75) is 19.4 Å². The molecule has 1 atom stereocenters. The summed E-state index contributed by atoms with van der Waals surface area (Å²) in [5.74, 6) is -1.66. The molecule has 0 spiro atoms. The van der Waals surface area contributed by atoms with E-state index in [0.29, 0.717) is 6.42 Å². The van der Waals surface area contributed by atoms with Gasteiger partial charge in [-0.25, -0.2) is 9.59 Å². The number of esters is 1. The number of rotatable bonds is 3. The zero-order valence-corrected chi connectivity index (χ0v) is 9.18. The lowest BCUT2D eigenvalue weighted by molar-refractivity contribution is -0.140. The molecule has 7 heteroatoms. The van der Waals surface area contributed by atoms with Crippen LogP contribution in [0, 0.1) is 5.82 Å². The highest BCUT2D eigenvalue weighted by atomic mass is 19.1. The minimum absolute atomic E-state index is 0.207. The van der Waals surface area contributed by atoms with Crippen molar-refractivity contribution >= 4 is 5.97 Å². The van der Waals surface area contributed by atoms with E-state index in [1.165, 1.54) is 0 Å². The molecule has 1 aromatic rings. The molecule has 0 aromatic carbocycles. The number of hydrogen-bond acceptors (Lipinski definition) is 5. The Hall–Kier alpha value is -1.92. The molecule has 1 unspecified atom stereocenters. The first kappa shape index (κ1) is 11.6. The van der Waals surface area contributed by atoms with Crippen LogP contribution in [-0.2, 0) is 9.53 Å². The molecule has 1 aromatic heterocycles. The quantitative estimate of drug-likeness (QED) is 0.711. The van der Waals surface area contributed by atoms with E-state index in [-0.39, 0.29) is 19.1 Å². The summed E-state index contributed by atoms with van der Waals surface area (Å²) in [5.41, 5.74) is -0.723. The van der Waals surface area contributed by atoms with E-state index in [2.05, 4.69) is 4.98 Å². The second-order valence-electron chi connectivity index (χ2n) is 3.49. The van der Waals surface area contributed by atoms with Crippen LogP contribution in [0.4, 0.5) is 4.39 Å². The fraction of sp³-hybridized carbons (Fsp3) is 0.500. The summed E-state index contributed by atoms with van der Waals surface area (Å²) < 4.78 is 24.0. The van der Waals surface area contributed by atoms with Crippen LogP contribution in [0.15, 0.2) is 11.0 Å². The van der Waals surface area contributed by atoms with Crippen molar-refractivity contribution in [2.75, 3.05) is 13.2 Å². The first-order chi connectivity index (χ1) is 8.13. The van der Waals surface area contributed by atoms with Crippen molar-refractivity contribution in [3.05, 3.63) is 22.5 Å². The Morgan fingerprint density at radius 1 is 1.65 bits per heavy atom. The first-order valence-corrected chi connectivity index (χ1v) is 5.21. The van der Waals surface area contributed by atoms with Crippen molar-refractivity contribution < 1.29 is 18.7 Å². The van der Waals surface area contributed by atoms with Crippen LogP contribution < -0.4 is 10.4 Å². The number of hydrogen-bond donors (Lipinski definition) is 0. The molecule has 1 aliphatic heterocycles. The summed E-state index contributed by atoms with van der Waals surface area (Å²) in [4.78, 5) is 26.3. The lowest BCUT2D eigenvalue weighted by Crippen LogP contribution is -2.30. The number of halogens is 1. The normalized spacial score (nSPS) is 19.2. The molecule has 92 valence electrons. The number of carbonyl (C=O) groups is 1. The summed E-state index contributed by atoms with van der Waals surface area (Å²) in [6.45, 7) is 2.09. The van der Waals surface area contributed by atoms with Gasteiger partial charge in [0, 0.05) is 6.42 Å². The summed E-state index contributed by atoms with van der Waals surface area (Å²) in [6.07, 6.45) is 1.27. The summed E-state index contributed by atoms with van der Waals surface area (Å²) in [7, 11) is 0. The van der Waals surface area contributed by atoms with Gasteiger partial charge in [0.15, 0.2) is 0 Å². The molecule has 17 heavy (non-hydrogen) atoms. The van der Waals surface area contributed by atoms with E-state index in [0.717, 1.165) is 10.8 Å². The van der Waals surface area contributed by atoms with Gasteiger partial charge in [-0.2, -0.15) is 9.37 Å². The van der Waals surface area contributed by atoms with E-state index >= 15 is 0 Å². The van der Waals surface area contributed by atoms with Gasteiger partial charge in [0.2, 0.25) is 5.82 Å². The molecule has 0 radical (unpaired) electrons. The van der Waals surface area contributed by atoms with Gasteiger partial charge in [-0.05, 0) is 6.92 Å². The van der Waals surface area contributed by atoms with Gasteiger partial charge in [0.25, 0.3) is 5.88 Å². The summed E-state index contributed by atoms with van der Waals surface area (Å²) in [6, 6.07) is -0.792. The molecule has 1 aliphatic rings. The predicted octanol–water partition coefficient (Wildman–Crippen LogP) is 0.269. The van der Waals surface area contributed by atoms with Gasteiger partial charge >= 0.3 is 11.7 Å². The second kappa shape index (κ2) is 4.52. The van der Waals surface area contributed by atoms with Crippen LogP contribution in [-0.4, -0.2) is 28.7 Å². The maximum Gasteiger partial charge on any atom is 0.351 e. The van der Waals surface area contributed by atoms with Crippen LogP contribution in [0.5, 0.6) is 5.88 Å². The predicted molar refractivity (Wildman–Crippen MR) is 54.2 cm³/mol. The number of carbonyl (C=O) groups excluding carboxylic acids is 1. The maximum absolute atomic E-state index is 13.5. The molecule has 0 amide bonds. The van der Waals surface area contributed by atoms with Gasteiger partial charge in [0.1, 0.15) is 6.04 Å². The Labute approximate surface area is 96.0 Å². The molecule has 0 N–H and O–H groups in total. The lowest BCUT2D eigenvalue weighted by atomic mass is 10.2. The number of nitrogens with zero attached hydrogens (tertiary/aromatic N) is 2. The SMILES string of the molecule is CCOc1nc(=O)n(C2CCOC2=O)cc1F. The highest BCUT2D eigenvalue weighted by Gasteiger charge is 2.30. The molecular formula is C10H11FN2O4. The highest BCUT2D eigenvalue weighted by molar-refractivity contribution is 5.75. The van der Waals surface area contributed by atoms with Crippen molar-refractivity contribution in [1.82, 2.24) is 9.55 Å². The van der Waals surface area contributed by atoms with Gasteiger partial charge in [-0.15, -0.1) is 0 Å². The average Bonchev–Trinajstić information content (AvgIpc) is 2.70. The van der Waals surface area contributed by atoms with Crippen LogP contribution >= 0.6 is 0 Å². The standard InChI is InChI=1S/C10H11FN2O4/c1-2-16-8-6(11)5-13(10(15)12-8)7-3-4-17-9(7)14/h5,7H,2-4H2,1H3. The van der Waals surface area contributed by atoms with Crippen LogP contribution in [0.1, 0.15) is 19.4 Å². The van der Waals surface area contributed by atoms with Crippen molar-refractivity contribution in [3.63, 3.8) is 0 Å². The smallest absolute Gasteiger partial charge is 0.351 e. The zero-order valence-electron chi connectivity index (χ0n) is 9.18. The fourth-order valence-corrected chi connectivity index (χ4v) is 1.63. The number of cyclic esters (lactones) is 1. The van der Waals surface area contributed by atoms with E-state index < -0.39 is 23.5 Å². The Morgan fingerprint density at radius 3 is 3.00 bits per heavy atom. The third-order valence-electron chi connectivity index (χ3n) is 2.40. The number of ether oxygens (including phenoxy) is 2.